The zero-order chi connectivity index (χ0) is 19.6. The Balaban J connectivity index is 1.84. The Kier molecular flexibility index (Phi) is 5.60. The molecule has 1 saturated heterocycles. The molecule has 8 heteroatoms. The quantitative estimate of drug-likeness (QED) is 0.757. The van der Waals surface area contributed by atoms with Crippen LogP contribution in [0.1, 0.15) is 35.8 Å². The summed E-state index contributed by atoms with van der Waals surface area (Å²) in [5, 5.41) is 2.72. The second-order valence-electron chi connectivity index (χ2n) is 6.74. The van der Waals surface area contributed by atoms with Crippen LogP contribution in [-0.4, -0.2) is 28.9 Å². The maximum absolute atomic E-state index is 13.2. The molecule has 1 fully saturated rings. The standard InChI is InChI=1S/C19H19ClF3N3O/c1-12-3-2-8-26(11-12)18(27)17-10-14(6-7-24-17)25-16-5-4-13(20)9-15(16)19(21,22)23/h4-7,9-10,12H,2-3,8,11H2,1H3,(H,24,25). The zero-order valence-corrected chi connectivity index (χ0v) is 15.4. The first-order valence-electron chi connectivity index (χ1n) is 8.63. The molecule has 1 amide bonds. The van der Waals surface area contributed by atoms with Gasteiger partial charge in [0, 0.05) is 30.0 Å². The van der Waals surface area contributed by atoms with Crippen molar-refractivity contribution in [2.45, 2.75) is 25.9 Å². The molecule has 1 unspecified atom stereocenters. The van der Waals surface area contributed by atoms with E-state index in [4.69, 9.17) is 11.6 Å². The largest absolute Gasteiger partial charge is 0.418 e. The SMILES string of the molecule is CC1CCCN(C(=O)c2cc(Nc3ccc(Cl)cc3C(F)(F)F)ccn2)C1. The zero-order valence-electron chi connectivity index (χ0n) is 14.7. The minimum Gasteiger partial charge on any atom is -0.355 e. The molecule has 1 aliphatic rings. The van der Waals surface area contributed by atoms with Crippen molar-refractivity contribution in [2.75, 3.05) is 18.4 Å². The number of amides is 1. The lowest BCUT2D eigenvalue weighted by atomic mass is 10.00. The lowest BCUT2D eigenvalue weighted by Crippen LogP contribution is -2.39. The van der Waals surface area contributed by atoms with Gasteiger partial charge in [-0.2, -0.15) is 13.2 Å². The fourth-order valence-electron chi connectivity index (χ4n) is 3.18. The van der Waals surface area contributed by atoms with Crippen LogP contribution < -0.4 is 5.32 Å². The molecule has 27 heavy (non-hydrogen) atoms. The number of carbonyl (C=O) groups excluding carboxylic acids is 1. The molecular weight excluding hydrogens is 379 g/mol. The summed E-state index contributed by atoms with van der Waals surface area (Å²) in [5.41, 5.74) is -0.449. The summed E-state index contributed by atoms with van der Waals surface area (Å²) in [5.74, 6) is 0.213. The number of hydrogen-bond donors (Lipinski definition) is 1. The number of alkyl halides is 3. The summed E-state index contributed by atoms with van der Waals surface area (Å²) in [6.45, 7) is 3.41. The molecule has 144 valence electrons. The van der Waals surface area contributed by atoms with Gasteiger partial charge in [0.15, 0.2) is 0 Å². The van der Waals surface area contributed by atoms with E-state index in [2.05, 4.69) is 17.2 Å². The van der Waals surface area contributed by atoms with Gasteiger partial charge in [-0.1, -0.05) is 18.5 Å². The van der Waals surface area contributed by atoms with Crippen molar-refractivity contribution in [2.24, 2.45) is 5.92 Å². The van der Waals surface area contributed by atoms with Gasteiger partial charge < -0.3 is 10.2 Å². The molecule has 0 saturated carbocycles. The first-order chi connectivity index (χ1) is 12.7. The van der Waals surface area contributed by atoms with E-state index < -0.39 is 11.7 Å². The number of aromatic nitrogens is 1. The van der Waals surface area contributed by atoms with Gasteiger partial charge in [0.1, 0.15) is 5.69 Å². The molecule has 0 radical (unpaired) electrons. The Morgan fingerprint density at radius 1 is 1.30 bits per heavy atom. The Bertz CT molecular complexity index is 841. The Morgan fingerprint density at radius 2 is 2.07 bits per heavy atom. The van der Waals surface area contributed by atoms with E-state index in [-0.39, 0.29) is 22.3 Å². The number of nitrogens with zero attached hydrogens (tertiary/aromatic N) is 2. The smallest absolute Gasteiger partial charge is 0.355 e. The number of nitrogens with one attached hydrogen (secondary N) is 1. The average molecular weight is 398 g/mol. The van der Waals surface area contributed by atoms with Crippen LogP contribution >= 0.6 is 11.6 Å². The van der Waals surface area contributed by atoms with Crippen LogP contribution in [0.15, 0.2) is 36.5 Å². The lowest BCUT2D eigenvalue weighted by molar-refractivity contribution is -0.136. The van der Waals surface area contributed by atoms with E-state index >= 15 is 0 Å². The predicted octanol–water partition coefficient (Wildman–Crippen LogP) is 5.37. The average Bonchev–Trinajstić information content (AvgIpc) is 2.62. The van der Waals surface area contributed by atoms with Crippen molar-refractivity contribution in [1.29, 1.82) is 0 Å². The monoisotopic (exact) mass is 397 g/mol. The summed E-state index contributed by atoms with van der Waals surface area (Å²) >= 11 is 5.70. The van der Waals surface area contributed by atoms with Crippen molar-refractivity contribution in [3.63, 3.8) is 0 Å². The molecular formula is C19H19ClF3N3O. The number of carbonyl (C=O) groups is 1. The van der Waals surface area contributed by atoms with Crippen LogP contribution in [-0.2, 0) is 6.18 Å². The van der Waals surface area contributed by atoms with E-state index in [0.29, 0.717) is 24.7 Å². The normalized spacial score (nSPS) is 17.7. The fraction of sp³-hybridized carbons (Fsp3) is 0.368. The van der Waals surface area contributed by atoms with Crippen LogP contribution in [0.5, 0.6) is 0 Å². The van der Waals surface area contributed by atoms with Crippen molar-refractivity contribution >= 4 is 28.9 Å². The Hall–Kier alpha value is -2.28. The maximum atomic E-state index is 13.2. The number of anilines is 2. The molecule has 2 heterocycles. The molecule has 0 bridgehead atoms. The highest BCUT2D eigenvalue weighted by atomic mass is 35.5. The van der Waals surface area contributed by atoms with Crippen LogP contribution in [0.25, 0.3) is 0 Å². The van der Waals surface area contributed by atoms with Gasteiger partial charge in [0.2, 0.25) is 0 Å². The molecule has 1 aromatic heterocycles. The lowest BCUT2D eigenvalue weighted by Gasteiger charge is -2.30. The molecule has 3 rings (SSSR count). The van der Waals surface area contributed by atoms with Crippen LogP contribution in [0.2, 0.25) is 5.02 Å². The summed E-state index contributed by atoms with van der Waals surface area (Å²) in [4.78, 5) is 18.5. The summed E-state index contributed by atoms with van der Waals surface area (Å²) in [6, 6.07) is 6.49. The van der Waals surface area contributed by atoms with E-state index in [9.17, 15) is 18.0 Å². The molecule has 2 aromatic rings. The highest BCUT2D eigenvalue weighted by Gasteiger charge is 2.34. The van der Waals surface area contributed by atoms with Crippen molar-refractivity contribution in [1.82, 2.24) is 9.88 Å². The van der Waals surface area contributed by atoms with E-state index in [0.717, 1.165) is 18.9 Å². The van der Waals surface area contributed by atoms with Crippen molar-refractivity contribution in [3.8, 4) is 0 Å². The second-order valence-corrected chi connectivity index (χ2v) is 7.18. The van der Waals surface area contributed by atoms with Gasteiger partial charge in [0.05, 0.1) is 11.3 Å². The topological polar surface area (TPSA) is 45.2 Å². The third-order valence-corrected chi connectivity index (χ3v) is 4.72. The number of pyridine rings is 1. The van der Waals surface area contributed by atoms with Crippen LogP contribution in [0, 0.1) is 5.92 Å². The third kappa shape index (κ3) is 4.71. The number of piperidine rings is 1. The Labute approximate surface area is 160 Å². The fourth-order valence-corrected chi connectivity index (χ4v) is 3.35. The van der Waals surface area contributed by atoms with Gasteiger partial charge in [-0.05, 0) is 49.1 Å². The van der Waals surface area contributed by atoms with E-state index in [1.54, 1.807) is 4.90 Å². The highest BCUT2D eigenvalue weighted by Crippen LogP contribution is 2.37. The highest BCUT2D eigenvalue weighted by molar-refractivity contribution is 6.30. The molecule has 0 spiro atoms. The molecule has 4 nitrogen and oxygen atoms in total. The number of halogens is 4. The molecule has 1 aliphatic heterocycles. The molecule has 1 aromatic carbocycles. The molecule has 1 N–H and O–H groups in total. The summed E-state index contributed by atoms with van der Waals surface area (Å²) in [6.07, 6.45) is -1.13. The molecule has 0 aliphatic carbocycles. The third-order valence-electron chi connectivity index (χ3n) is 4.49. The Morgan fingerprint density at radius 3 is 2.78 bits per heavy atom. The number of benzene rings is 1. The van der Waals surface area contributed by atoms with E-state index in [1.165, 1.54) is 30.5 Å². The molecule has 1 atom stereocenters. The maximum Gasteiger partial charge on any atom is 0.418 e. The first-order valence-corrected chi connectivity index (χ1v) is 9.01. The first kappa shape index (κ1) is 19.5. The number of likely N-dealkylation sites (tertiary alicyclic amines) is 1. The number of rotatable bonds is 3. The summed E-state index contributed by atoms with van der Waals surface area (Å²) in [7, 11) is 0. The van der Waals surface area contributed by atoms with E-state index in [1.807, 2.05) is 0 Å². The van der Waals surface area contributed by atoms with Crippen LogP contribution in [0.3, 0.4) is 0 Å². The van der Waals surface area contributed by atoms with Crippen molar-refractivity contribution < 1.29 is 18.0 Å². The minimum absolute atomic E-state index is 0.00214. The van der Waals surface area contributed by atoms with Gasteiger partial charge in [0.25, 0.3) is 5.91 Å². The van der Waals surface area contributed by atoms with Gasteiger partial charge in [-0.15, -0.1) is 0 Å². The summed E-state index contributed by atoms with van der Waals surface area (Å²) < 4.78 is 39.7. The van der Waals surface area contributed by atoms with Crippen LogP contribution in [0.4, 0.5) is 24.5 Å². The van der Waals surface area contributed by atoms with Gasteiger partial charge in [-0.25, -0.2) is 0 Å². The van der Waals surface area contributed by atoms with Gasteiger partial charge >= 0.3 is 6.18 Å². The van der Waals surface area contributed by atoms with Crippen molar-refractivity contribution in [3.05, 3.63) is 52.8 Å². The predicted molar refractivity (Wildman–Crippen MR) is 98.3 cm³/mol. The second kappa shape index (κ2) is 7.76. The minimum atomic E-state index is -4.55. The number of hydrogen-bond acceptors (Lipinski definition) is 3. The van der Waals surface area contributed by atoms with Gasteiger partial charge in [-0.3, -0.25) is 9.78 Å².